The van der Waals surface area contributed by atoms with Gasteiger partial charge in [0.15, 0.2) is 6.29 Å². The minimum atomic E-state index is 0.0395. The van der Waals surface area contributed by atoms with Crippen LogP contribution in [-0.4, -0.2) is 18.0 Å². The van der Waals surface area contributed by atoms with Gasteiger partial charge in [0.25, 0.3) is 0 Å². The molecule has 1 N–H and O–H groups in total. The van der Waals surface area contributed by atoms with Crippen molar-refractivity contribution in [1.29, 1.82) is 0 Å². The number of carbonyl (C=O) groups excluding carboxylic acids is 1. The van der Waals surface area contributed by atoms with E-state index in [4.69, 9.17) is 16.3 Å². The van der Waals surface area contributed by atoms with Crippen LogP contribution in [0.25, 0.3) is 0 Å². The Kier molecular flexibility index (Phi) is 2.93. The molecule has 0 aromatic heterocycles. The molecular weight excluding hydrogens is 168 g/mol. The molecule has 66 valence electrons. The van der Waals surface area contributed by atoms with Crippen LogP contribution in [0.1, 0.15) is 10.4 Å². The van der Waals surface area contributed by atoms with Gasteiger partial charge in [0.1, 0.15) is 18.1 Å². The summed E-state index contributed by atoms with van der Waals surface area (Å²) in [6.45, 7) is 0.0737. The Morgan fingerprint density at radius 2 is 2.38 bits per heavy atom. The highest BCUT2D eigenvalue weighted by atomic mass is 16.5. The summed E-state index contributed by atoms with van der Waals surface area (Å²) in [5.41, 5.74) is 0.369. The number of carbonyl (C=O) groups is 1. The zero-order valence-corrected chi connectivity index (χ0v) is 6.86. The van der Waals surface area contributed by atoms with Crippen molar-refractivity contribution in [1.82, 2.24) is 0 Å². The standard InChI is InChI=1S/C10H8O3/c1-2-5-13-10-6-9(12)4-3-8(10)7-11/h1,3-4,6-7,12H,5H2. The van der Waals surface area contributed by atoms with Crippen LogP contribution in [0.3, 0.4) is 0 Å². The van der Waals surface area contributed by atoms with Crippen molar-refractivity contribution in [3.05, 3.63) is 23.8 Å². The van der Waals surface area contributed by atoms with Crippen LogP contribution in [0.15, 0.2) is 18.2 Å². The molecule has 1 aromatic carbocycles. The molecule has 0 aliphatic carbocycles. The fourth-order valence-electron chi connectivity index (χ4n) is 0.865. The fourth-order valence-corrected chi connectivity index (χ4v) is 0.865. The second-order valence-corrected chi connectivity index (χ2v) is 2.33. The summed E-state index contributed by atoms with van der Waals surface area (Å²) in [5, 5.41) is 9.08. The molecule has 0 amide bonds. The first-order valence-electron chi connectivity index (χ1n) is 3.62. The van der Waals surface area contributed by atoms with Crippen molar-refractivity contribution >= 4 is 6.29 Å². The van der Waals surface area contributed by atoms with Crippen molar-refractivity contribution in [3.8, 4) is 23.8 Å². The summed E-state index contributed by atoms with van der Waals surface area (Å²) >= 11 is 0. The molecule has 0 saturated carbocycles. The number of phenolic OH excluding ortho intramolecular Hbond substituents is 1. The third kappa shape index (κ3) is 2.24. The van der Waals surface area contributed by atoms with E-state index >= 15 is 0 Å². The van der Waals surface area contributed by atoms with E-state index in [1.807, 2.05) is 0 Å². The normalized spacial score (nSPS) is 8.85. The molecule has 13 heavy (non-hydrogen) atoms. The van der Waals surface area contributed by atoms with Crippen LogP contribution >= 0.6 is 0 Å². The van der Waals surface area contributed by atoms with Crippen molar-refractivity contribution in [2.75, 3.05) is 6.61 Å². The highest BCUT2D eigenvalue weighted by Crippen LogP contribution is 2.22. The summed E-state index contributed by atoms with van der Waals surface area (Å²) in [5.74, 6) is 2.61. The van der Waals surface area contributed by atoms with Gasteiger partial charge in [-0.25, -0.2) is 0 Å². The quantitative estimate of drug-likeness (QED) is 0.556. The fraction of sp³-hybridized carbons (Fsp3) is 0.100. The van der Waals surface area contributed by atoms with Crippen LogP contribution in [0.5, 0.6) is 11.5 Å². The summed E-state index contributed by atoms with van der Waals surface area (Å²) in [6, 6.07) is 4.22. The summed E-state index contributed by atoms with van der Waals surface area (Å²) in [7, 11) is 0. The number of ether oxygens (including phenoxy) is 1. The predicted molar refractivity (Wildman–Crippen MR) is 47.8 cm³/mol. The average molecular weight is 176 g/mol. The van der Waals surface area contributed by atoms with Crippen LogP contribution < -0.4 is 4.74 Å². The zero-order chi connectivity index (χ0) is 9.68. The Hall–Kier alpha value is -1.95. The molecule has 0 spiro atoms. The number of rotatable bonds is 3. The Morgan fingerprint density at radius 3 is 3.00 bits per heavy atom. The van der Waals surface area contributed by atoms with Gasteiger partial charge in [-0.05, 0) is 12.1 Å². The lowest BCUT2D eigenvalue weighted by Crippen LogP contribution is -1.96. The second-order valence-electron chi connectivity index (χ2n) is 2.33. The molecule has 1 aromatic rings. The molecule has 0 aliphatic heterocycles. The lowest BCUT2D eigenvalue weighted by atomic mass is 10.2. The molecular formula is C10H8O3. The largest absolute Gasteiger partial charge is 0.508 e. The molecule has 0 fully saturated rings. The SMILES string of the molecule is C#CCOc1cc(O)ccc1C=O. The van der Waals surface area contributed by atoms with Crippen molar-refractivity contribution < 1.29 is 14.6 Å². The molecule has 0 saturated heterocycles. The Labute approximate surface area is 76.0 Å². The van der Waals surface area contributed by atoms with Gasteiger partial charge in [0, 0.05) is 6.07 Å². The first-order valence-corrected chi connectivity index (χ1v) is 3.62. The van der Waals surface area contributed by atoms with Crippen LogP contribution in [-0.2, 0) is 0 Å². The van der Waals surface area contributed by atoms with Gasteiger partial charge >= 0.3 is 0 Å². The number of hydrogen-bond donors (Lipinski definition) is 1. The second kappa shape index (κ2) is 4.17. The summed E-state index contributed by atoms with van der Waals surface area (Å²) in [4.78, 5) is 10.5. The van der Waals surface area contributed by atoms with E-state index in [0.717, 1.165) is 0 Å². The zero-order valence-electron chi connectivity index (χ0n) is 6.86. The first-order chi connectivity index (χ1) is 6.27. The summed E-state index contributed by atoms with van der Waals surface area (Å²) < 4.78 is 5.03. The third-order valence-corrected chi connectivity index (χ3v) is 1.44. The van der Waals surface area contributed by atoms with Crippen LogP contribution in [0.2, 0.25) is 0 Å². The lowest BCUT2D eigenvalue weighted by molar-refractivity contribution is 0.112. The molecule has 1 rings (SSSR count). The minimum absolute atomic E-state index is 0.0395. The highest BCUT2D eigenvalue weighted by molar-refractivity contribution is 5.79. The number of aromatic hydroxyl groups is 1. The number of terminal acetylenes is 1. The van der Waals surface area contributed by atoms with E-state index in [1.54, 1.807) is 0 Å². The maximum atomic E-state index is 10.5. The molecule has 0 unspecified atom stereocenters. The molecule has 0 aliphatic rings. The van der Waals surface area contributed by atoms with E-state index in [0.29, 0.717) is 17.6 Å². The topological polar surface area (TPSA) is 46.5 Å². The average Bonchev–Trinajstić information content (AvgIpc) is 2.15. The molecule has 3 heteroatoms. The van der Waals surface area contributed by atoms with E-state index in [2.05, 4.69) is 5.92 Å². The first kappa shape index (κ1) is 9.14. The number of hydrogen-bond acceptors (Lipinski definition) is 3. The Balaban J connectivity index is 2.95. The van der Waals surface area contributed by atoms with Gasteiger partial charge in [-0.3, -0.25) is 4.79 Å². The van der Waals surface area contributed by atoms with Crippen LogP contribution in [0.4, 0.5) is 0 Å². The van der Waals surface area contributed by atoms with Gasteiger partial charge in [-0.1, -0.05) is 5.92 Å². The minimum Gasteiger partial charge on any atom is -0.508 e. The Morgan fingerprint density at radius 1 is 1.62 bits per heavy atom. The van der Waals surface area contributed by atoms with Gasteiger partial charge in [0.2, 0.25) is 0 Å². The monoisotopic (exact) mass is 176 g/mol. The molecule has 0 bridgehead atoms. The van der Waals surface area contributed by atoms with E-state index in [9.17, 15) is 4.79 Å². The number of benzene rings is 1. The van der Waals surface area contributed by atoms with E-state index in [-0.39, 0.29) is 12.4 Å². The predicted octanol–water partition coefficient (Wildman–Crippen LogP) is 1.22. The highest BCUT2D eigenvalue weighted by Gasteiger charge is 2.02. The van der Waals surface area contributed by atoms with E-state index < -0.39 is 0 Å². The van der Waals surface area contributed by atoms with E-state index in [1.165, 1.54) is 18.2 Å². The third-order valence-electron chi connectivity index (χ3n) is 1.44. The van der Waals surface area contributed by atoms with Gasteiger partial charge in [0.05, 0.1) is 5.56 Å². The van der Waals surface area contributed by atoms with Gasteiger partial charge < -0.3 is 9.84 Å². The molecule has 0 atom stereocenters. The van der Waals surface area contributed by atoms with Gasteiger partial charge in [-0.2, -0.15) is 0 Å². The molecule has 0 radical (unpaired) electrons. The van der Waals surface area contributed by atoms with Crippen molar-refractivity contribution in [3.63, 3.8) is 0 Å². The molecule has 0 heterocycles. The smallest absolute Gasteiger partial charge is 0.153 e. The van der Waals surface area contributed by atoms with Crippen LogP contribution in [0, 0.1) is 12.3 Å². The van der Waals surface area contributed by atoms with Gasteiger partial charge in [-0.15, -0.1) is 6.42 Å². The Bertz CT molecular complexity index is 350. The summed E-state index contributed by atoms with van der Waals surface area (Å²) in [6.07, 6.45) is 5.62. The molecule has 3 nitrogen and oxygen atoms in total. The van der Waals surface area contributed by atoms with Crippen molar-refractivity contribution in [2.45, 2.75) is 0 Å². The maximum Gasteiger partial charge on any atom is 0.153 e. The lowest BCUT2D eigenvalue weighted by Gasteiger charge is -2.04. The van der Waals surface area contributed by atoms with Crippen molar-refractivity contribution in [2.24, 2.45) is 0 Å². The number of phenols is 1. The number of aldehydes is 1. The maximum absolute atomic E-state index is 10.5.